The Bertz CT molecular complexity index is 861. The van der Waals surface area contributed by atoms with E-state index >= 15 is 0 Å². The molecule has 6 heteroatoms. The summed E-state index contributed by atoms with van der Waals surface area (Å²) in [7, 11) is -3.29. The molecular formula is C29H31Au2I2P2-3. The van der Waals surface area contributed by atoms with Gasteiger partial charge in [-0.3, -0.25) is 0 Å². The third kappa shape index (κ3) is 11.5. The summed E-state index contributed by atoms with van der Waals surface area (Å²) in [5.74, 6) is 0. The molecule has 0 bridgehead atoms. The van der Waals surface area contributed by atoms with Crippen molar-refractivity contribution in [3.8, 4) is 0 Å². The van der Waals surface area contributed by atoms with Crippen LogP contribution in [0.1, 0.15) is 0 Å². The Morgan fingerprint density at radius 3 is 0.657 bits per heavy atom. The van der Waals surface area contributed by atoms with Crippen LogP contribution in [0.15, 0.2) is 121 Å². The second kappa shape index (κ2) is 19.7. The molecule has 0 aliphatic carbocycles. The predicted molar refractivity (Wildman–Crippen MR) is 174 cm³/mol. The molecule has 4 rings (SSSR count). The molecule has 0 amide bonds. The molecule has 35 heavy (non-hydrogen) atoms. The molecule has 0 aromatic heterocycles. The van der Waals surface area contributed by atoms with Gasteiger partial charge in [0.25, 0.3) is 0 Å². The predicted octanol–water partition coefficient (Wildman–Crippen LogP) is 8.69. The molecule has 4 aromatic rings. The number of rotatable bonds is 4. The first-order chi connectivity index (χ1) is 16.4. The van der Waals surface area contributed by atoms with Crippen molar-refractivity contribution in [3.05, 3.63) is 155 Å². The van der Waals surface area contributed by atoms with Gasteiger partial charge in [0, 0.05) is 21.2 Å². The van der Waals surface area contributed by atoms with Crippen LogP contribution >= 0.6 is 52.6 Å². The molecule has 0 aliphatic heterocycles. The average molecular weight is 1090 g/mol. The summed E-state index contributed by atoms with van der Waals surface area (Å²) >= 11 is 8.68. The monoisotopic (exact) mass is 1090 g/mol. The Labute approximate surface area is 260 Å². The molecule has 0 nitrogen and oxygen atoms in total. The molecule has 4 aromatic carbocycles. The van der Waals surface area contributed by atoms with Gasteiger partial charge >= 0.3 is 72.5 Å². The van der Waals surface area contributed by atoms with Gasteiger partial charge in [-0.1, -0.05) is 72.8 Å². The van der Waals surface area contributed by atoms with E-state index in [0.29, 0.717) is 0 Å². The maximum atomic E-state index is 4.31. The van der Waals surface area contributed by atoms with Crippen molar-refractivity contribution >= 4 is 73.8 Å². The van der Waals surface area contributed by atoms with Gasteiger partial charge < -0.3 is 7.43 Å². The summed E-state index contributed by atoms with van der Waals surface area (Å²) in [4.78, 5) is 0. The van der Waals surface area contributed by atoms with E-state index in [-0.39, 0.29) is 7.43 Å². The van der Waals surface area contributed by atoms with Crippen molar-refractivity contribution < 1.29 is 34.5 Å². The Balaban J connectivity index is 0.000000565. The molecule has 0 spiro atoms. The van der Waals surface area contributed by atoms with E-state index in [2.05, 4.69) is 148 Å². The summed E-state index contributed by atoms with van der Waals surface area (Å²) in [5.41, 5.74) is 0. The summed E-state index contributed by atoms with van der Waals surface area (Å²) in [6, 6.07) is 41.3. The van der Waals surface area contributed by atoms with Crippen molar-refractivity contribution in [1.29, 1.82) is 0 Å². The minimum absolute atomic E-state index is 0. The normalized spacial score (nSPS) is 10.1. The van der Waals surface area contributed by atoms with Crippen molar-refractivity contribution in [3.63, 3.8) is 0 Å². The third-order valence-corrected chi connectivity index (χ3v) is 10.1. The number of halogens is 2. The summed E-state index contributed by atoms with van der Waals surface area (Å²) in [5, 5.41) is 4.99. The van der Waals surface area contributed by atoms with Crippen LogP contribution in [0.5, 0.6) is 0 Å². The topological polar surface area (TPSA) is 0 Å². The third-order valence-electron chi connectivity index (χ3n) is 5.00. The first-order valence-electron chi connectivity index (χ1n) is 10.0. The fourth-order valence-electron chi connectivity index (χ4n) is 3.15. The van der Waals surface area contributed by atoms with E-state index in [4.69, 9.17) is 0 Å². The quantitative estimate of drug-likeness (QED) is 0.0832. The van der Waals surface area contributed by atoms with Crippen molar-refractivity contribution in [2.75, 3.05) is 0 Å². The molecule has 0 saturated carbocycles. The molecule has 0 aliphatic rings. The van der Waals surface area contributed by atoms with Gasteiger partial charge in [0.2, 0.25) is 0 Å². The Morgan fingerprint density at radius 1 is 0.371 bits per heavy atom. The van der Waals surface area contributed by atoms with Crippen LogP contribution in [0.3, 0.4) is 0 Å². The molecule has 0 atom stereocenters. The van der Waals surface area contributed by atoms with Gasteiger partial charge in [-0.25, -0.2) is 0 Å². The van der Waals surface area contributed by atoms with Crippen molar-refractivity contribution in [2.45, 2.75) is 0 Å². The number of hydrogen-bond acceptors (Lipinski definition) is 0. The van der Waals surface area contributed by atoms with Crippen LogP contribution in [0, 0.1) is 34.1 Å². The fourth-order valence-corrected chi connectivity index (χ4v) is 6.72. The van der Waals surface area contributed by atoms with Crippen molar-refractivity contribution in [2.24, 2.45) is 0 Å². The van der Waals surface area contributed by atoms with Crippen LogP contribution in [0.4, 0.5) is 0 Å². The number of benzene rings is 4. The second-order valence-electron chi connectivity index (χ2n) is 7.28. The van der Waals surface area contributed by atoms with Gasteiger partial charge in [-0.05, 0) is 48.5 Å². The first-order valence-corrected chi connectivity index (χ1v) is 26.6. The van der Waals surface area contributed by atoms with Gasteiger partial charge in [0.1, 0.15) is 0 Å². The molecule has 0 N–H and O–H groups in total. The van der Waals surface area contributed by atoms with E-state index < -0.39 is 14.5 Å². The number of hydrogen-bond donors (Lipinski definition) is 0. The van der Waals surface area contributed by atoms with Crippen LogP contribution in [-0.4, -0.2) is 0 Å². The zero-order valence-corrected chi connectivity index (χ0v) is 30.1. The molecular weight excluding hydrogens is 1060 g/mol. The van der Waals surface area contributed by atoms with E-state index in [1.54, 1.807) is 0 Å². The van der Waals surface area contributed by atoms with E-state index in [1.807, 2.05) is 72.8 Å². The molecule has 0 fully saturated rings. The van der Waals surface area contributed by atoms with Crippen LogP contribution in [0.2, 0.25) is 0 Å². The average Bonchev–Trinajstić information content (AvgIpc) is 2.93. The molecule has 0 radical (unpaired) electrons. The maximum absolute atomic E-state index is 4.31. The van der Waals surface area contributed by atoms with Gasteiger partial charge in [0.05, 0.1) is 0 Å². The first kappa shape index (κ1) is 35.7. The zero-order valence-electron chi connectivity index (χ0n) is 19.6. The minimum atomic E-state index is -1.65. The Hall–Kier alpha value is 0.681. The molecule has 196 valence electrons. The summed E-state index contributed by atoms with van der Waals surface area (Å²) in [6.07, 6.45) is 0. The van der Waals surface area contributed by atoms with E-state index in [0.717, 1.165) is 0 Å². The van der Waals surface area contributed by atoms with Crippen molar-refractivity contribution in [1.82, 2.24) is 0 Å². The SMILES string of the molecule is [CH2-][P+]([CH2-])(c1ccccc1)c1ccccc1.[CH2-][P+]([CH2-])(c1ccccc1)c1ccccc1.[CH3-].[I][Au].[I][Au]. The molecule has 0 unspecified atom stereocenters. The Morgan fingerprint density at radius 2 is 0.514 bits per heavy atom. The molecule has 0 heterocycles. The van der Waals surface area contributed by atoms with Gasteiger partial charge in [0.15, 0.2) is 0 Å². The standard InChI is InChI=1S/2C14H14P.CH3.2Au.2HI/c2*1-15(2,13-9-5-3-6-10-13)14-11-7-4-8-12-14;;;;;/h2*3-12H,1-2H2;1H3;;;2*1H/q3*-1;2*+1;;/p-2. The van der Waals surface area contributed by atoms with Crippen LogP contribution in [0.25, 0.3) is 0 Å². The van der Waals surface area contributed by atoms with E-state index in [9.17, 15) is 0 Å². The van der Waals surface area contributed by atoms with E-state index in [1.165, 1.54) is 21.2 Å². The molecule has 0 saturated heterocycles. The van der Waals surface area contributed by atoms with Crippen LogP contribution < -0.4 is 21.2 Å². The fraction of sp³-hybridized carbons (Fsp3) is 0. The summed E-state index contributed by atoms with van der Waals surface area (Å²) < 4.78 is 0. The van der Waals surface area contributed by atoms with Crippen LogP contribution in [-0.2, 0) is 34.5 Å². The Kier molecular flexibility index (Phi) is 20.1. The summed E-state index contributed by atoms with van der Waals surface area (Å²) in [6.45, 7) is 17.2. The van der Waals surface area contributed by atoms with Gasteiger partial charge in [-0.2, -0.15) is 41.2 Å². The van der Waals surface area contributed by atoms with Gasteiger partial charge in [-0.15, -0.1) is 0 Å². The second-order valence-corrected chi connectivity index (χ2v) is 13.2. The zero-order chi connectivity index (χ0) is 25.5.